The molecular formula is C20H26N4O2S2. The van der Waals surface area contributed by atoms with E-state index in [0.29, 0.717) is 5.75 Å². The van der Waals surface area contributed by atoms with Crippen molar-refractivity contribution in [3.63, 3.8) is 0 Å². The van der Waals surface area contributed by atoms with Crippen LogP contribution in [0.15, 0.2) is 17.5 Å². The summed E-state index contributed by atoms with van der Waals surface area (Å²) in [6.45, 7) is 6.47. The number of thiophene rings is 1. The molecule has 8 heteroatoms. The standard InChI is InChI=1S/C20H26N4O2S2/c1-20(2,3)18-16-17(13-6-5-9-27-13)28-11-15(26)24(19(16)23(4)22-18)10-14(25)21-12-7-8-12/h5-6,9,12,17H,7-8,10-11H2,1-4H3,(H,21,25). The summed E-state index contributed by atoms with van der Waals surface area (Å²) in [5.41, 5.74) is 1.88. The van der Waals surface area contributed by atoms with Gasteiger partial charge in [-0.15, -0.1) is 23.1 Å². The minimum absolute atomic E-state index is 0.0402. The number of aromatic nitrogens is 2. The predicted octanol–water partition coefficient (Wildman–Crippen LogP) is 3.23. The van der Waals surface area contributed by atoms with Crippen molar-refractivity contribution < 1.29 is 9.59 Å². The summed E-state index contributed by atoms with van der Waals surface area (Å²) >= 11 is 3.32. The summed E-state index contributed by atoms with van der Waals surface area (Å²) in [6, 6.07) is 4.44. The summed E-state index contributed by atoms with van der Waals surface area (Å²) in [6.07, 6.45) is 2.06. The van der Waals surface area contributed by atoms with E-state index in [4.69, 9.17) is 5.10 Å². The highest BCUT2D eigenvalue weighted by Gasteiger charge is 2.39. The number of hydrogen-bond donors (Lipinski definition) is 1. The van der Waals surface area contributed by atoms with Gasteiger partial charge in [-0.2, -0.15) is 5.10 Å². The second-order valence-corrected chi connectivity index (χ2v) is 10.6. The maximum absolute atomic E-state index is 13.0. The van der Waals surface area contributed by atoms with Gasteiger partial charge in [-0.05, 0) is 24.3 Å². The number of carbonyl (C=O) groups excluding carboxylic acids is 2. The maximum Gasteiger partial charge on any atom is 0.240 e. The minimum atomic E-state index is -0.170. The zero-order valence-electron chi connectivity index (χ0n) is 16.7. The maximum atomic E-state index is 13.0. The number of rotatable bonds is 4. The molecule has 1 saturated carbocycles. The highest BCUT2D eigenvalue weighted by molar-refractivity contribution is 8.00. The Morgan fingerprint density at radius 2 is 2.11 bits per heavy atom. The summed E-state index contributed by atoms with van der Waals surface area (Å²) in [4.78, 5) is 28.4. The smallest absolute Gasteiger partial charge is 0.240 e. The number of thioether (sulfide) groups is 1. The van der Waals surface area contributed by atoms with Crippen LogP contribution in [0.2, 0.25) is 0 Å². The molecule has 1 unspecified atom stereocenters. The first kappa shape index (κ1) is 19.5. The number of carbonyl (C=O) groups is 2. The van der Waals surface area contributed by atoms with Crippen LogP contribution in [0.25, 0.3) is 0 Å². The number of fused-ring (bicyclic) bond motifs is 1. The van der Waals surface area contributed by atoms with Gasteiger partial charge < -0.3 is 5.32 Å². The normalized spacial score (nSPS) is 20.1. The molecule has 2 aromatic rings. The van der Waals surface area contributed by atoms with Gasteiger partial charge in [0.15, 0.2) is 0 Å². The van der Waals surface area contributed by atoms with Crippen LogP contribution in [0.1, 0.15) is 55.0 Å². The SMILES string of the molecule is Cn1nc(C(C)(C)C)c2c1N(CC(=O)NC1CC1)C(=O)CSC2c1cccs1. The Bertz CT molecular complexity index is 894. The molecule has 1 aliphatic carbocycles. The second-order valence-electron chi connectivity index (χ2n) is 8.49. The first-order chi connectivity index (χ1) is 13.3. The molecule has 1 atom stereocenters. The molecule has 0 aromatic carbocycles. The molecule has 3 heterocycles. The Hall–Kier alpha value is -1.80. The highest BCUT2D eigenvalue weighted by Crippen LogP contribution is 2.48. The molecule has 2 aliphatic rings. The highest BCUT2D eigenvalue weighted by atomic mass is 32.2. The Kier molecular flexibility index (Phi) is 5.03. The van der Waals surface area contributed by atoms with Crippen molar-refractivity contribution in [2.24, 2.45) is 7.05 Å². The number of nitrogens with zero attached hydrogens (tertiary/aromatic N) is 3. The van der Waals surface area contributed by atoms with Crippen molar-refractivity contribution in [2.75, 3.05) is 17.2 Å². The van der Waals surface area contributed by atoms with Gasteiger partial charge in [0.05, 0.1) is 16.7 Å². The lowest BCUT2D eigenvalue weighted by Crippen LogP contribution is -2.43. The van der Waals surface area contributed by atoms with Crippen LogP contribution in [-0.4, -0.2) is 39.9 Å². The average molecular weight is 419 g/mol. The lowest BCUT2D eigenvalue weighted by molar-refractivity contribution is -0.123. The van der Waals surface area contributed by atoms with Gasteiger partial charge in [0.1, 0.15) is 12.4 Å². The van der Waals surface area contributed by atoms with Gasteiger partial charge in [-0.3, -0.25) is 19.2 Å². The monoisotopic (exact) mass is 418 g/mol. The van der Waals surface area contributed by atoms with Gasteiger partial charge in [0.25, 0.3) is 0 Å². The van der Waals surface area contributed by atoms with Crippen molar-refractivity contribution in [2.45, 2.75) is 50.3 Å². The van der Waals surface area contributed by atoms with E-state index < -0.39 is 0 Å². The van der Waals surface area contributed by atoms with E-state index in [2.05, 4.69) is 37.5 Å². The van der Waals surface area contributed by atoms with Crippen molar-refractivity contribution in [3.8, 4) is 0 Å². The van der Waals surface area contributed by atoms with E-state index in [1.54, 1.807) is 32.7 Å². The number of amides is 2. The average Bonchev–Trinajstić information content (AvgIpc) is 3.15. The quantitative estimate of drug-likeness (QED) is 0.828. The zero-order chi connectivity index (χ0) is 20.1. The van der Waals surface area contributed by atoms with Gasteiger partial charge in [-0.25, -0.2) is 0 Å². The number of anilines is 1. The van der Waals surface area contributed by atoms with Crippen LogP contribution < -0.4 is 10.2 Å². The third-order valence-corrected chi connectivity index (χ3v) is 7.32. The Morgan fingerprint density at radius 3 is 2.71 bits per heavy atom. The molecule has 0 radical (unpaired) electrons. The minimum Gasteiger partial charge on any atom is -0.352 e. The largest absolute Gasteiger partial charge is 0.352 e. The molecule has 1 aliphatic heterocycles. The molecule has 0 spiro atoms. The molecule has 150 valence electrons. The summed E-state index contributed by atoms with van der Waals surface area (Å²) < 4.78 is 1.78. The van der Waals surface area contributed by atoms with E-state index in [1.165, 1.54) is 4.88 Å². The summed E-state index contributed by atoms with van der Waals surface area (Å²) in [5.74, 6) is 0.959. The Morgan fingerprint density at radius 1 is 1.36 bits per heavy atom. The van der Waals surface area contributed by atoms with Crippen molar-refractivity contribution in [3.05, 3.63) is 33.6 Å². The fourth-order valence-electron chi connectivity index (χ4n) is 3.55. The Labute approximate surface area is 173 Å². The number of nitrogens with one attached hydrogen (secondary N) is 1. The van der Waals surface area contributed by atoms with Crippen LogP contribution in [0.3, 0.4) is 0 Å². The Balaban J connectivity index is 1.81. The predicted molar refractivity (Wildman–Crippen MR) is 114 cm³/mol. The van der Waals surface area contributed by atoms with E-state index >= 15 is 0 Å². The fraction of sp³-hybridized carbons (Fsp3) is 0.550. The fourth-order valence-corrected chi connectivity index (χ4v) is 5.73. The summed E-state index contributed by atoms with van der Waals surface area (Å²) in [7, 11) is 1.87. The topological polar surface area (TPSA) is 67.2 Å². The third-order valence-electron chi connectivity index (χ3n) is 5.00. The molecule has 0 bridgehead atoms. The van der Waals surface area contributed by atoms with Gasteiger partial charge in [0.2, 0.25) is 11.8 Å². The zero-order valence-corrected chi connectivity index (χ0v) is 18.3. The molecule has 4 rings (SSSR count). The summed E-state index contributed by atoms with van der Waals surface area (Å²) in [5, 5.41) is 9.92. The number of aryl methyl sites for hydroxylation is 1. The molecule has 1 fully saturated rings. The van der Waals surface area contributed by atoms with Crippen molar-refractivity contribution in [1.29, 1.82) is 0 Å². The van der Waals surface area contributed by atoms with E-state index in [9.17, 15) is 9.59 Å². The molecule has 2 amide bonds. The van der Waals surface area contributed by atoms with Crippen LogP contribution in [-0.2, 0) is 22.1 Å². The van der Waals surface area contributed by atoms with E-state index in [0.717, 1.165) is 29.9 Å². The number of hydrogen-bond acceptors (Lipinski definition) is 5. The van der Waals surface area contributed by atoms with Crippen LogP contribution >= 0.6 is 23.1 Å². The lowest BCUT2D eigenvalue weighted by atomic mass is 9.88. The van der Waals surface area contributed by atoms with Crippen LogP contribution in [0, 0.1) is 0 Å². The molecule has 0 saturated heterocycles. The molecule has 6 nitrogen and oxygen atoms in total. The molecule has 2 aromatic heterocycles. The van der Waals surface area contributed by atoms with Gasteiger partial charge >= 0.3 is 0 Å². The molecule has 28 heavy (non-hydrogen) atoms. The van der Waals surface area contributed by atoms with Gasteiger partial charge in [0, 0.05) is 28.9 Å². The first-order valence-corrected chi connectivity index (χ1v) is 11.5. The van der Waals surface area contributed by atoms with Crippen molar-refractivity contribution in [1.82, 2.24) is 15.1 Å². The van der Waals surface area contributed by atoms with Crippen molar-refractivity contribution >= 4 is 40.7 Å². The van der Waals surface area contributed by atoms with Gasteiger partial charge in [-0.1, -0.05) is 26.8 Å². The first-order valence-electron chi connectivity index (χ1n) is 9.58. The van der Waals surface area contributed by atoms with Crippen LogP contribution in [0.5, 0.6) is 0 Å². The van der Waals surface area contributed by atoms with E-state index in [-0.39, 0.29) is 35.1 Å². The lowest BCUT2D eigenvalue weighted by Gasteiger charge is -2.23. The van der Waals surface area contributed by atoms with Crippen LogP contribution in [0.4, 0.5) is 5.82 Å². The third kappa shape index (κ3) is 3.72. The van der Waals surface area contributed by atoms with E-state index in [1.807, 2.05) is 13.1 Å². The molecule has 1 N–H and O–H groups in total. The molecular weight excluding hydrogens is 392 g/mol. The second kappa shape index (κ2) is 7.22.